The minimum atomic E-state index is -0.272. The number of nitrogens with one attached hydrogen (secondary N) is 1. The lowest BCUT2D eigenvalue weighted by Gasteiger charge is -2.19. The van der Waals surface area contributed by atoms with Crippen LogP contribution in [0.3, 0.4) is 0 Å². The van der Waals surface area contributed by atoms with Crippen LogP contribution >= 0.6 is 11.6 Å². The van der Waals surface area contributed by atoms with E-state index >= 15 is 0 Å². The number of aromatic nitrogens is 2. The third kappa shape index (κ3) is 3.78. The van der Waals surface area contributed by atoms with E-state index in [9.17, 15) is 0 Å². The van der Waals surface area contributed by atoms with Crippen molar-refractivity contribution in [3.8, 4) is 11.5 Å². The van der Waals surface area contributed by atoms with Crippen molar-refractivity contribution in [2.75, 3.05) is 5.32 Å². The Bertz CT molecular complexity index is 1090. The van der Waals surface area contributed by atoms with Gasteiger partial charge in [0.05, 0.1) is 10.6 Å². The van der Waals surface area contributed by atoms with Crippen LogP contribution in [0.1, 0.15) is 28.6 Å². The van der Waals surface area contributed by atoms with Crippen LogP contribution in [0.5, 0.6) is 0 Å². The average molecular weight is 390 g/mol. The molecule has 0 spiro atoms. The Kier molecular flexibility index (Phi) is 5.13. The van der Waals surface area contributed by atoms with Gasteiger partial charge in [-0.3, -0.25) is 0 Å². The van der Waals surface area contributed by atoms with Crippen LogP contribution in [-0.2, 0) is 0 Å². The topological polar surface area (TPSA) is 51.0 Å². The minimum absolute atomic E-state index is 0.272. The molecule has 0 fully saturated rings. The van der Waals surface area contributed by atoms with Crippen molar-refractivity contribution in [2.45, 2.75) is 19.9 Å². The summed E-state index contributed by atoms with van der Waals surface area (Å²) in [6, 6.07) is 23.5. The number of hydrogen-bond acceptors (Lipinski definition) is 4. The zero-order chi connectivity index (χ0) is 19.5. The summed E-state index contributed by atoms with van der Waals surface area (Å²) in [6.45, 7) is 4.17. The van der Waals surface area contributed by atoms with E-state index < -0.39 is 0 Å². The molecule has 1 heterocycles. The second-order valence-electron chi connectivity index (χ2n) is 6.73. The van der Waals surface area contributed by atoms with Gasteiger partial charge >= 0.3 is 0 Å². The number of nitrogens with zero attached hydrogens (tertiary/aromatic N) is 2. The van der Waals surface area contributed by atoms with E-state index in [1.807, 2.05) is 54.6 Å². The van der Waals surface area contributed by atoms with Gasteiger partial charge in [-0.05, 0) is 43.2 Å². The Morgan fingerprint density at radius 2 is 1.64 bits per heavy atom. The van der Waals surface area contributed by atoms with Crippen molar-refractivity contribution in [1.82, 2.24) is 10.2 Å². The third-order valence-electron chi connectivity index (χ3n) is 4.61. The molecule has 0 radical (unpaired) electrons. The standard InChI is InChI=1S/C23H20ClN3O/c1-15-12-13-20(16(2)14-15)25-21(17-8-4-3-5-9-17)23-27-26-22(28-23)18-10-6-7-11-19(18)24/h3-14,21,25H,1-2H3/t21-/m0/s1. The van der Waals surface area contributed by atoms with Crippen molar-refractivity contribution >= 4 is 17.3 Å². The van der Waals surface area contributed by atoms with Gasteiger partial charge in [-0.25, -0.2) is 0 Å². The maximum absolute atomic E-state index is 6.29. The molecule has 0 amide bonds. The Hall–Kier alpha value is -3.11. The predicted octanol–water partition coefficient (Wildman–Crippen LogP) is 6.21. The van der Waals surface area contributed by atoms with Crippen LogP contribution in [0, 0.1) is 13.8 Å². The largest absolute Gasteiger partial charge is 0.418 e. The Balaban J connectivity index is 1.73. The molecule has 0 aliphatic heterocycles. The second-order valence-corrected chi connectivity index (χ2v) is 7.14. The van der Waals surface area contributed by atoms with Crippen LogP contribution in [-0.4, -0.2) is 10.2 Å². The minimum Gasteiger partial charge on any atom is -0.418 e. The molecule has 0 bridgehead atoms. The van der Waals surface area contributed by atoms with Gasteiger partial charge in [0.25, 0.3) is 0 Å². The lowest BCUT2D eigenvalue weighted by molar-refractivity contribution is 0.494. The van der Waals surface area contributed by atoms with Crippen LogP contribution in [0.2, 0.25) is 5.02 Å². The fourth-order valence-corrected chi connectivity index (χ4v) is 3.38. The summed E-state index contributed by atoms with van der Waals surface area (Å²) in [5.41, 5.74) is 5.17. The van der Waals surface area contributed by atoms with Crippen LogP contribution in [0.25, 0.3) is 11.5 Å². The fraction of sp³-hybridized carbons (Fsp3) is 0.130. The molecule has 1 atom stereocenters. The molecule has 0 aliphatic rings. The van der Waals surface area contributed by atoms with Gasteiger partial charge in [-0.15, -0.1) is 10.2 Å². The maximum Gasteiger partial charge on any atom is 0.249 e. The SMILES string of the molecule is Cc1ccc(N[C@@H](c2ccccc2)c2nnc(-c3ccccc3Cl)o2)c(C)c1. The number of hydrogen-bond donors (Lipinski definition) is 1. The van der Waals surface area contributed by atoms with Crippen LogP contribution in [0.4, 0.5) is 5.69 Å². The molecular formula is C23H20ClN3O. The van der Waals surface area contributed by atoms with Gasteiger partial charge in [-0.2, -0.15) is 0 Å². The summed E-state index contributed by atoms with van der Waals surface area (Å²) in [5.74, 6) is 0.894. The molecule has 1 N–H and O–H groups in total. The Morgan fingerprint density at radius 1 is 0.893 bits per heavy atom. The lowest BCUT2D eigenvalue weighted by Crippen LogP contribution is -2.13. The quantitative estimate of drug-likeness (QED) is 0.441. The summed E-state index contributed by atoms with van der Waals surface area (Å²) in [6.07, 6.45) is 0. The fourth-order valence-electron chi connectivity index (χ4n) is 3.16. The molecular weight excluding hydrogens is 370 g/mol. The Labute approximate surface area is 169 Å². The van der Waals surface area contributed by atoms with Gasteiger partial charge in [0.15, 0.2) is 0 Å². The zero-order valence-electron chi connectivity index (χ0n) is 15.7. The zero-order valence-corrected chi connectivity index (χ0v) is 16.4. The summed E-state index contributed by atoms with van der Waals surface area (Å²) in [4.78, 5) is 0. The molecule has 0 saturated carbocycles. The van der Waals surface area contributed by atoms with E-state index in [1.54, 1.807) is 0 Å². The van der Waals surface area contributed by atoms with Gasteiger partial charge in [-0.1, -0.05) is 71.8 Å². The summed E-state index contributed by atoms with van der Waals surface area (Å²) >= 11 is 6.29. The first-order valence-electron chi connectivity index (χ1n) is 9.09. The van der Waals surface area contributed by atoms with Gasteiger partial charge in [0.1, 0.15) is 6.04 Å². The first-order chi connectivity index (χ1) is 13.6. The molecule has 0 saturated heterocycles. The monoisotopic (exact) mass is 389 g/mol. The number of aryl methyl sites for hydroxylation is 2. The molecule has 140 valence electrons. The van der Waals surface area contributed by atoms with Gasteiger partial charge in [0, 0.05) is 5.69 Å². The van der Waals surface area contributed by atoms with Gasteiger partial charge < -0.3 is 9.73 Å². The number of anilines is 1. The maximum atomic E-state index is 6.29. The third-order valence-corrected chi connectivity index (χ3v) is 4.94. The van der Waals surface area contributed by atoms with E-state index in [0.29, 0.717) is 16.8 Å². The van der Waals surface area contributed by atoms with Crippen molar-refractivity contribution in [2.24, 2.45) is 0 Å². The van der Waals surface area contributed by atoms with E-state index in [2.05, 4.69) is 47.6 Å². The molecule has 0 unspecified atom stereocenters. The highest BCUT2D eigenvalue weighted by molar-refractivity contribution is 6.33. The van der Waals surface area contributed by atoms with Crippen LogP contribution in [0.15, 0.2) is 77.2 Å². The number of benzene rings is 3. The average Bonchev–Trinajstić information content (AvgIpc) is 3.18. The van der Waals surface area contributed by atoms with Crippen molar-refractivity contribution < 1.29 is 4.42 Å². The molecule has 0 aliphatic carbocycles. The molecule has 5 heteroatoms. The predicted molar refractivity (Wildman–Crippen MR) is 113 cm³/mol. The first-order valence-corrected chi connectivity index (χ1v) is 9.46. The lowest BCUT2D eigenvalue weighted by atomic mass is 10.0. The first kappa shape index (κ1) is 18.3. The van der Waals surface area contributed by atoms with Gasteiger partial charge in [0.2, 0.25) is 11.8 Å². The van der Waals surface area contributed by atoms with E-state index in [-0.39, 0.29) is 6.04 Å². The van der Waals surface area contributed by atoms with Crippen LogP contribution < -0.4 is 5.32 Å². The highest BCUT2D eigenvalue weighted by atomic mass is 35.5. The number of rotatable bonds is 5. The molecule has 4 nitrogen and oxygen atoms in total. The highest BCUT2D eigenvalue weighted by Gasteiger charge is 2.22. The highest BCUT2D eigenvalue weighted by Crippen LogP contribution is 2.31. The molecule has 28 heavy (non-hydrogen) atoms. The molecule has 4 aromatic rings. The molecule has 1 aromatic heterocycles. The second kappa shape index (κ2) is 7.87. The number of halogens is 1. The summed E-state index contributed by atoms with van der Waals surface area (Å²) in [5, 5.41) is 12.7. The Morgan fingerprint density at radius 3 is 2.39 bits per heavy atom. The smallest absolute Gasteiger partial charge is 0.249 e. The van der Waals surface area contributed by atoms with E-state index in [0.717, 1.165) is 22.4 Å². The van der Waals surface area contributed by atoms with Crippen molar-refractivity contribution in [3.05, 3.63) is 100 Å². The normalized spacial score (nSPS) is 12.0. The molecule has 4 rings (SSSR count). The van der Waals surface area contributed by atoms with E-state index in [4.69, 9.17) is 16.0 Å². The van der Waals surface area contributed by atoms with Crippen molar-refractivity contribution in [3.63, 3.8) is 0 Å². The molecule has 3 aromatic carbocycles. The summed E-state index contributed by atoms with van der Waals surface area (Å²) < 4.78 is 6.03. The van der Waals surface area contributed by atoms with E-state index in [1.165, 1.54) is 5.56 Å². The summed E-state index contributed by atoms with van der Waals surface area (Å²) in [7, 11) is 0. The van der Waals surface area contributed by atoms with Crippen molar-refractivity contribution in [1.29, 1.82) is 0 Å².